The maximum atomic E-state index is 11.6. The van der Waals surface area contributed by atoms with Gasteiger partial charge in [-0.1, -0.05) is 0 Å². The molecule has 1 aliphatic rings. The maximum Gasteiger partial charge on any atom is 0.182 e. The highest BCUT2D eigenvalue weighted by atomic mass is 32.2. The summed E-state index contributed by atoms with van der Waals surface area (Å²) in [7, 11) is 1.83. The summed E-state index contributed by atoms with van der Waals surface area (Å²) in [6.07, 6.45) is 0. The fourth-order valence-electron chi connectivity index (χ4n) is 1.23. The zero-order valence-electron chi connectivity index (χ0n) is 6.66. The monoisotopic (exact) mass is 199 g/mol. The molecule has 1 N–H and O–H groups in total. The van der Waals surface area contributed by atoms with Gasteiger partial charge in [-0.05, 0) is 18.5 Å². The SMILES string of the molecule is CNC1CSc2sccc2C1=O. The second-order valence-electron chi connectivity index (χ2n) is 2.64. The van der Waals surface area contributed by atoms with Crippen molar-refractivity contribution in [1.29, 1.82) is 0 Å². The van der Waals surface area contributed by atoms with Gasteiger partial charge in [0.05, 0.1) is 10.3 Å². The second kappa shape index (κ2) is 3.20. The molecule has 1 unspecified atom stereocenters. The molecule has 2 rings (SSSR count). The van der Waals surface area contributed by atoms with Gasteiger partial charge < -0.3 is 5.32 Å². The molecular weight excluding hydrogens is 190 g/mol. The normalized spacial score (nSPS) is 22.4. The van der Waals surface area contributed by atoms with Crippen molar-refractivity contribution in [3.63, 3.8) is 0 Å². The molecule has 12 heavy (non-hydrogen) atoms. The standard InChI is InChI=1S/C8H9NOS2/c1-9-6-4-12-8-5(7(6)10)2-3-11-8/h2-3,6,9H,4H2,1H3. The summed E-state index contributed by atoms with van der Waals surface area (Å²) in [5, 5.41) is 5.00. The van der Waals surface area contributed by atoms with E-state index in [0.717, 1.165) is 11.3 Å². The number of carbonyl (C=O) groups is 1. The summed E-state index contributed by atoms with van der Waals surface area (Å²) >= 11 is 3.42. The summed E-state index contributed by atoms with van der Waals surface area (Å²) in [5.41, 5.74) is 0.899. The Morgan fingerprint density at radius 2 is 2.50 bits per heavy atom. The number of carbonyl (C=O) groups excluding carboxylic acids is 1. The van der Waals surface area contributed by atoms with E-state index in [1.165, 1.54) is 4.21 Å². The van der Waals surface area contributed by atoms with Gasteiger partial charge >= 0.3 is 0 Å². The van der Waals surface area contributed by atoms with Crippen molar-refractivity contribution >= 4 is 28.9 Å². The van der Waals surface area contributed by atoms with Crippen molar-refractivity contribution in [2.45, 2.75) is 10.3 Å². The van der Waals surface area contributed by atoms with E-state index >= 15 is 0 Å². The molecule has 0 amide bonds. The van der Waals surface area contributed by atoms with Gasteiger partial charge in [0.15, 0.2) is 5.78 Å². The van der Waals surface area contributed by atoms with Crippen molar-refractivity contribution in [3.8, 4) is 0 Å². The Balaban J connectivity index is 2.35. The molecule has 1 aromatic rings. The van der Waals surface area contributed by atoms with Crippen molar-refractivity contribution in [1.82, 2.24) is 5.32 Å². The molecule has 0 radical (unpaired) electrons. The molecule has 1 aliphatic heterocycles. The molecule has 0 saturated carbocycles. The topological polar surface area (TPSA) is 29.1 Å². The van der Waals surface area contributed by atoms with Crippen LogP contribution < -0.4 is 5.32 Å². The van der Waals surface area contributed by atoms with Crippen LogP contribution in [-0.2, 0) is 0 Å². The van der Waals surface area contributed by atoms with Crippen LogP contribution in [0.1, 0.15) is 10.4 Å². The number of nitrogens with one attached hydrogen (secondary N) is 1. The van der Waals surface area contributed by atoms with Crippen LogP contribution in [0.2, 0.25) is 0 Å². The Bertz CT molecular complexity index is 308. The average Bonchev–Trinajstić information content (AvgIpc) is 2.53. The minimum absolute atomic E-state index is 0.0112. The molecule has 0 aromatic carbocycles. The number of thiophene rings is 1. The minimum atomic E-state index is 0.0112. The Morgan fingerprint density at radius 1 is 1.67 bits per heavy atom. The zero-order chi connectivity index (χ0) is 8.55. The van der Waals surface area contributed by atoms with E-state index in [0.29, 0.717) is 0 Å². The summed E-state index contributed by atoms with van der Waals surface area (Å²) in [6, 6.07) is 1.93. The van der Waals surface area contributed by atoms with Crippen LogP contribution in [0.15, 0.2) is 15.7 Å². The van der Waals surface area contributed by atoms with Gasteiger partial charge in [0.1, 0.15) is 0 Å². The van der Waals surface area contributed by atoms with Gasteiger partial charge in [-0.2, -0.15) is 0 Å². The first-order valence-electron chi connectivity index (χ1n) is 3.74. The molecule has 0 fully saturated rings. The number of hydrogen-bond donors (Lipinski definition) is 1. The average molecular weight is 199 g/mol. The number of fused-ring (bicyclic) bond motifs is 1. The predicted octanol–water partition coefficient (Wildman–Crippen LogP) is 1.62. The van der Waals surface area contributed by atoms with Gasteiger partial charge in [-0.15, -0.1) is 23.1 Å². The number of ketones is 1. The van der Waals surface area contributed by atoms with Gasteiger partial charge in [-0.3, -0.25) is 4.79 Å². The molecule has 1 atom stereocenters. The molecule has 0 spiro atoms. The highest BCUT2D eigenvalue weighted by Gasteiger charge is 2.27. The summed E-state index contributed by atoms with van der Waals surface area (Å²) in [5.74, 6) is 1.11. The van der Waals surface area contributed by atoms with Crippen molar-refractivity contribution in [3.05, 3.63) is 17.0 Å². The number of Topliss-reactive ketones (excluding diaryl/α,β-unsaturated/α-hetero) is 1. The minimum Gasteiger partial charge on any atom is -0.310 e. The summed E-state index contributed by atoms with van der Waals surface area (Å²) in [6.45, 7) is 0. The second-order valence-corrected chi connectivity index (χ2v) is 4.84. The largest absolute Gasteiger partial charge is 0.310 e. The van der Waals surface area contributed by atoms with E-state index < -0.39 is 0 Å². The van der Waals surface area contributed by atoms with Gasteiger partial charge in [0.25, 0.3) is 0 Å². The Kier molecular flexibility index (Phi) is 2.21. The van der Waals surface area contributed by atoms with Crippen LogP contribution >= 0.6 is 23.1 Å². The lowest BCUT2D eigenvalue weighted by Crippen LogP contribution is -2.38. The Morgan fingerprint density at radius 3 is 3.25 bits per heavy atom. The van der Waals surface area contributed by atoms with Crippen LogP contribution in [0.4, 0.5) is 0 Å². The molecule has 64 valence electrons. The lowest BCUT2D eigenvalue weighted by atomic mass is 10.1. The highest BCUT2D eigenvalue weighted by Crippen LogP contribution is 2.34. The van der Waals surface area contributed by atoms with Gasteiger partial charge in [0, 0.05) is 11.3 Å². The molecule has 2 nitrogen and oxygen atoms in total. The smallest absolute Gasteiger partial charge is 0.182 e. The predicted molar refractivity (Wildman–Crippen MR) is 52.2 cm³/mol. The van der Waals surface area contributed by atoms with E-state index in [1.807, 2.05) is 18.5 Å². The van der Waals surface area contributed by atoms with Crippen molar-refractivity contribution in [2.24, 2.45) is 0 Å². The van der Waals surface area contributed by atoms with E-state index in [4.69, 9.17) is 0 Å². The van der Waals surface area contributed by atoms with Crippen molar-refractivity contribution in [2.75, 3.05) is 12.8 Å². The number of hydrogen-bond acceptors (Lipinski definition) is 4. The third kappa shape index (κ3) is 1.20. The van der Waals surface area contributed by atoms with E-state index in [-0.39, 0.29) is 11.8 Å². The zero-order valence-corrected chi connectivity index (χ0v) is 8.30. The summed E-state index contributed by atoms with van der Waals surface area (Å²) < 4.78 is 1.17. The number of thioether (sulfide) groups is 1. The Labute approximate surface area is 79.4 Å². The van der Waals surface area contributed by atoms with Crippen LogP contribution in [0, 0.1) is 0 Å². The van der Waals surface area contributed by atoms with E-state index in [2.05, 4.69) is 5.32 Å². The third-order valence-electron chi connectivity index (χ3n) is 1.94. The highest BCUT2D eigenvalue weighted by molar-refractivity contribution is 8.01. The fourth-order valence-corrected chi connectivity index (χ4v) is 3.45. The first kappa shape index (κ1) is 8.29. The lowest BCUT2D eigenvalue weighted by Gasteiger charge is -2.19. The molecule has 0 aliphatic carbocycles. The van der Waals surface area contributed by atoms with Crippen LogP contribution in [0.5, 0.6) is 0 Å². The first-order chi connectivity index (χ1) is 5.83. The molecule has 2 heterocycles. The molecule has 4 heteroatoms. The molecule has 1 aromatic heterocycles. The number of rotatable bonds is 1. The number of likely N-dealkylation sites (N-methyl/N-ethyl adjacent to an activating group) is 1. The molecular formula is C8H9NOS2. The summed E-state index contributed by atoms with van der Waals surface area (Å²) in [4.78, 5) is 11.6. The maximum absolute atomic E-state index is 11.6. The fraction of sp³-hybridized carbons (Fsp3) is 0.375. The van der Waals surface area contributed by atoms with Crippen molar-refractivity contribution < 1.29 is 4.79 Å². The van der Waals surface area contributed by atoms with E-state index in [9.17, 15) is 4.79 Å². The van der Waals surface area contributed by atoms with E-state index in [1.54, 1.807) is 23.1 Å². The van der Waals surface area contributed by atoms with Gasteiger partial charge in [0.2, 0.25) is 0 Å². The third-order valence-corrected chi connectivity index (χ3v) is 4.27. The molecule has 0 bridgehead atoms. The van der Waals surface area contributed by atoms with Crippen LogP contribution in [0.3, 0.4) is 0 Å². The Hall–Kier alpha value is -0.320. The lowest BCUT2D eigenvalue weighted by molar-refractivity contribution is 0.0953. The van der Waals surface area contributed by atoms with Gasteiger partial charge in [-0.25, -0.2) is 0 Å². The molecule has 0 saturated heterocycles. The first-order valence-corrected chi connectivity index (χ1v) is 5.61. The van der Waals surface area contributed by atoms with Crippen LogP contribution in [0.25, 0.3) is 0 Å². The quantitative estimate of drug-likeness (QED) is 0.745. The van der Waals surface area contributed by atoms with Crippen LogP contribution in [-0.4, -0.2) is 24.6 Å².